The standard InChI is InChI=1S/C18H19N5O/c1-2-12-23(22-13-11-20-14-22)17-6-4-3-5-16(17)18(24)21-15-7-9-19-10-8-15/h3-11,13-14H,2,12H2,1H3,(H,19,21,24). The average molecular weight is 321 g/mol. The minimum absolute atomic E-state index is 0.155. The van der Waals surface area contributed by atoms with Gasteiger partial charge in [-0.05, 0) is 30.7 Å². The lowest BCUT2D eigenvalue weighted by molar-refractivity contribution is 0.102. The number of para-hydroxylation sites is 1. The van der Waals surface area contributed by atoms with Crippen LogP contribution in [0.5, 0.6) is 0 Å². The van der Waals surface area contributed by atoms with Gasteiger partial charge in [0.25, 0.3) is 5.91 Å². The minimum atomic E-state index is -0.155. The molecule has 0 radical (unpaired) electrons. The summed E-state index contributed by atoms with van der Waals surface area (Å²) in [5, 5.41) is 4.95. The Kier molecular flexibility index (Phi) is 4.86. The maximum atomic E-state index is 12.7. The molecule has 6 heteroatoms. The third-order valence-electron chi connectivity index (χ3n) is 3.57. The van der Waals surface area contributed by atoms with E-state index in [1.54, 1.807) is 37.1 Å². The molecule has 0 atom stereocenters. The molecule has 3 rings (SSSR count). The van der Waals surface area contributed by atoms with Crippen molar-refractivity contribution in [2.24, 2.45) is 0 Å². The van der Waals surface area contributed by atoms with Gasteiger partial charge in [0.1, 0.15) is 6.33 Å². The third kappa shape index (κ3) is 3.43. The van der Waals surface area contributed by atoms with Crippen LogP contribution in [0.1, 0.15) is 23.7 Å². The molecule has 1 N–H and O–H groups in total. The van der Waals surface area contributed by atoms with Gasteiger partial charge in [-0.1, -0.05) is 19.1 Å². The van der Waals surface area contributed by atoms with Crippen LogP contribution in [0.15, 0.2) is 67.5 Å². The fraction of sp³-hybridized carbons (Fsp3) is 0.167. The normalized spacial score (nSPS) is 10.4. The molecule has 0 spiro atoms. The van der Waals surface area contributed by atoms with Gasteiger partial charge in [-0.3, -0.25) is 14.8 Å². The highest BCUT2D eigenvalue weighted by Crippen LogP contribution is 2.22. The smallest absolute Gasteiger partial charge is 0.257 e. The Labute approximate surface area is 140 Å². The summed E-state index contributed by atoms with van der Waals surface area (Å²) in [5.74, 6) is -0.155. The monoisotopic (exact) mass is 321 g/mol. The van der Waals surface area contributed by atoms with E-state index in [9.17, 15) is 4.79 Å². The zero-order chi connectivity index (χ0) is 16.8. The van der Waals surface area contributed by atoms with Crippen molar-refractivity contribution in [3.05, 3.63) is 73.1 Å². The summed E-state index contributed by atoms with van der Waals surface area (Å²) in [6.45, 7) is 2.87. The summed E-state index contributed by atoms with van der Waals surface area (Å²) in [6, 6.07) is 11.1. The van der Waals surface area contributed by atoms with Crippen molar-refractivity contribution in [1.82, 2.24) is 14.6 Å². The van der Waals surface area contributed by atoms with Gasteiger partial charge in [-0.2, -0.15) is 0 Å². The predicted molar refractivity (Wildman–Crippen MR) is 93.9 cm³/mol. The first-order valence-electron chi connectivity index (χ1n) is 7.85. The van der Waals surface area contributed by atoms with Crippen LogP contribution in [-0.4, -0.2) is 27.1 Å². The lowest BCUT2D eigenvalue weighted by atomic mass is 10.1. The molecule has 2 aromatic heterocycles. The number of nitrogens with zero attached hydrogens (tertiary/aromatic N) is 4. The zero-order valence-electron chi connectivity index (χ0n) is 13.5. The molecule has 1 aromatic carbocycles. The Hall–Kier alpha value is -3.15. The number of rotatable bonds is 6. The number of carbonyl (C=O) groups is 1. The SMILES string of the molecule is CCCN(c1ccccc1C(=O)Nc1ccncc1)n1ccnc1. The second-order valence-electron chi connectivity index (χ2n) is 5.27. The Morgan fingerprint density at radius 2 is 1.92 bits per heavy atom. The molecule has 2 heterocycles. The van der Waals surface area contributed by atoms with Gasteiger partial charge >= 0.3 is 0 Å². The lowest BCUT2D eigenvalue weighted by Gasteiger charge is -2.27. The quantitative estimate of drug-likeness (QED) is 0.757. The molecule has 0 saturated heterocycles. The van der Waals surface area contributed by atoms with Crippen LogP contribution in [0.3, 0.4) is 0 Å². The first kappa shape index (κ1) is 15.7. The average Bonchev–Trinajstić information content (AvgIpc) is 3.15. The second-order valence-corrected chi connectivity index (χ2v) is 5.27. The minimum Gasteiger partial charge on any atom is -0.322 e. The van der Waals surface area contributed by atoms with Crippen LogP contribution in [0.4, 0.5) is 11.4 Å². The molecule has 1 amide bonds. The number of pyridine rings is 1. The molecule has 0 aliphatic rings. The maximum Gasteiger partial charge on any atom is 0.257 e. The number of hydrogen-bond acceptors (Lipinski definition) is 4. The molecule has 0 fully saturated rings. The second kappa shape index (κ2) is 7.41. The molecular weight excluding hydrogens is 302 g/mol. The summed E-state index contributed by atoms with van der Waals surface area (Å²) in [5.41, 5.74) is 2.16. The molecule has 3 aromatic rings. The van der Waals surface area contributed by atoms with Crippen LogP contribution in [-0.2, 0) is 0 Å². The number of imidazole rings is 1. The van der Waals surface area contributed by atoms with Gasteiger partial charge in [0, 0.05) is 37.0 Å². The number of hydrogen-bond donors (Lipinski definition) is 1. The number of carbonyl (C=O) groups excluding carboxylic acids is 1. The van der Waals surface area contributed by atoms with E-state index >= 15 is 0 Å². The summed E-state index contributed by atoms with van der Waals surface area (Å²) in [6.07, 6.45) is 9.56. The molecule has 6 nitrogen and oxygen atoms in total. The van der Waals surface area contributed by atoms with Gasteiger partial charge < -0.3 is 5.32 Å². The number of aromatic nitrogens is 3. The number of benzene rings is 1. The number of amides is 1. The van der Waals surface area contributed by atoms with Crippen molar-refractivity contribution < 1.29 is 4.79 Å². The van der Waals surface area contributed by atoms with Gasteiger partial charge in [0.05, 0.1) is 11.3 Å². The van der Waals surface area contributed by atoms with Crippen molar-refractivity contribution >= 4 is 17.3 Å². The van der Waals surface area contributed by atoms with Gasteiger partial charge in [0.15, 0.2) is 0 Å². The zero-order valence-corrected chi connectivity index (χ0v) is 13.5. The summed E-state index contributed by atoms with van der Waals surface area (Å²) in [7, 11) is 0. The summed E-state index contributed by atoms with van der Waals surface area (Å²) in [4.78, 5) is 20.8. The van der Waals surface area contributed by atoms with Crippen LogP contribution in [0.2, 0.25) is 0 Å². The Morgan fingerprint density at radius 1 is 1.12 bits per heavy atom. The Bertz CT molecular complexity index is 786. The van der Waals surface area contributed by atoms with Crippen LogP contribution in [0.25, 0.3) is 0 Å². The van der Waals surface area contributed by atoms with Gasteiger partial charge in [0.2, 0.25) is 0 Å². The number of anilines is 2. The molecule has 0 saturated carbocycles. The lowest BCUT2D eigenvalue weighted by Crippen LogP contribution is -2.31. The van der Waals surface area contributed by atoms with Crippen molar-refractivity contribution in [3.63, 3.8) is 0 Å². The van der Waals surface area contributed by atoms with Crippen LogP contribution < -0.4 is 10.3 Å². The first-order chi connectivity index (χ1) is 11.8. The highest BCUT2D eigenvalue weighted by atomic mass is 16.1. The van der Waals surface area contributed by atoms with E-state index < -0.39 is 0 Å². The van der Waals surface area contributed by atoms with E-state index in [1.165, 1.54) is 0 Å². The Morgan fingerprint density at radius 3 is 2.62 bits per heavy atom. The van der Waals surface area contributed by atoms with E-state index in [-0.39, 0.29) is 5.91 Å². The largest absolute Gasteiger partial charge is 0.322 e. The Balaban J connectivity index is 1.93. The van der Waals surface area contributed by atoms with E-state index in [2.05, 4.69) is 22.2 Å². The molecule has 24 heavy (non-hydrogen) atoms. The van der Waals surface area contributed by atoms with E-state index in [4.69, 9.17) is 0 Å². The molecule has 0 bridgehead atoms. The van der Waals surface area contributed by atoms with Gasteiger partial charge in [-0.25, -0.2) is 9.66 Å². The van der Waals surface area contributed by atoms with E-state index in [0.717, 1.165) is 24.3 Å². The van der Waals surface area contributed by atoms with Crippen LogP contribution in [0, 0.1) is 0 Å². The first-order valence-corrected chi connectivity index (χ1v) is 7.85. The van der Waals surface area contributed by atoms with E-state index in [1.807, 2.05) is 40.1 Å². The summed E-state index contributed by atoms with van der Waals surface area (Å²) < 4.78 is 1.89. The fourth-order valence-corrected chi connectivity index (χ4v) is 2.49. The number of nitrogens with one attached hydrogen (secondary N) is 1. The van der Waals surface area contributed by atoms with Crippen LogP contribution >= 0.6 is 0 Å². The fourth-order valence-electron chi connectivity index (χ4n) is 2.49. The van der Waals surface area contributed by atoms with Crippen molar-refractivity contribution in [2.75, 3.05) is 16.9 Å². The third-order valence-corrected chi connectivity index (χ3v) is 3.57. The van der Waals surface area contributed by atoms with E-state index in [0.29, 0.717) is 5.56 Å². The molecule has 0 unspecified atom stereocenters. The van der Waals surface area contributed by atoms with Crippen molar-refractivity contribution in [3.8, 4) is 0 Å². The molecule has 122 valence electrons. The maximum absolute atomic E-state index is 12.7. The molecular formula is C18H19N5O. The van der Waals surface area contributed by atoms with Gasteiger partial charge in [-0.15, -0.1) is 0 Å². The van der Waals surface area contributed by atoms with Crippen molar-refractivity contribution in [2.45, 2.75) is 13.3 Å². The van der Waals surface area contributed by atoms with Crippen molar-refractivity contribution in [1.29, 1.82) is 0 Å². The molecule has 0 aliphatic heterocycles. The molecule has 0 aliphatic carbocycles. The highest BCUT2D eigenvalue weighted by molar-refractivity contribution is 6.08. The summed E-state index contributed by atoms with van der Waals surface area (Å²) >= 11 is 0. The topological polar surface area (TPSA) is 63.1 Å². The predicted octanol–water partition coefficient (Wildman–Crippen LogP) is 3.21. The highest BCUT2D eigenvalue weighted by Gasteiger charge is 2.17.